The smallest absolute Gasteiger partial charge is 0.213 e. The number of nitrogens with zero attached hydrogens (tertiary/aromatic N) is 2. The molecular weight excluding hydrogens is 518 g/mol. The molecule has 0 amide bonds. The SMILES string of the molecule is CCS(=O)(=O)N1CCC(NC(=NC)NC2CC2c2c(F)cccc2Cl)CC1.I. The maximum Gasteiger partial charge on any atom is 0.213 e. The Morgan fingerprint density at radius 1 is 1.32 bits per heavy atom. The number of nitrogens with one attached hydrogen (secondary N) is 2. The number of halogens is 3. The van der Waals surface area contributed by atoms with Gasteiger partial charge in [-0.15, -0.1) is 24.0 Å². The fourth-order valence-electron chi connectivity index (χ4n) is 3.54. The Labute approximate surface area is 188 Å². The van der Waals surface area contributed by atoms with Crippen LogP contribution in [0, 0.1) is 5.82 Å². The summed E-state index contributed by atoms with van der Waals surface area (Å²) < 4.78 is 39.5. The zero-order valence-electron chi connectivity index (χ0n) is 16.0. The zero-order valence-corrected chi connectivity index (χ0v) is 19.9. The first-order valence-corrected chi connectivity index (χ1v) is 11.3. The lowest BCUT2D eigenvalue weighted by atomic mass is 10.1. The molecule has 1 aromatic carbocycles. The number of rotatable bonds is 5. The third-order valence-corrected chi connectivity index (χ3v) is 7.47. The van der Waals surface area contributed by atoms with E-state index in [0.29, 0.717) is 29.6 Å². The number of hydrogen-bond donors (Lipinski definition) is 2. The van der Waals surface area contributed by atoms with E-state index in [1.54, 1.807) is 30.4 Å². The Morgan fingerprint density at radius 3 is 2.57 bits per heavy atom. The van der Waals surface area contributed by atoms with E-state index in [4.69, 9.17) is 11.6 Å². The highest BCUT2D eigenvalue weighted by molar-refractivity contribution is 14.0. The molecule has 6 nitrogen and oxygen atoms in total. The van der Waals surface area contributed by atoms with Crippen molar-refractivity contribution in [3.63, 3.8) is 0 Å². The summed E-state index contributed by atoms with van der Waals surface area (Å²) >= 11 is 6.15. The second kappa shape index (κ2) is 9.90. The normalized spacial score (nSPS) is 23.8. The predicted octanol–water partition coefficient (Wildman–Crippen LogP) is 2.93. The van der Waals surface area contributed by atoms with Crippen molar-refractivity contribution in [1.29, 1.82) is 0 Å². The monoisotopic (exact) mass is 544 g/mol. The lowest BCUT2D eigenvalue weighted by Gasteiger charge is -2.32. The summed E-state index contributed by atoms with van der Waals surface area (Å²) in [4.78, 5) is 4.26. The summed E-state index contributed by atoms with van der Waals surface area (Å²) in [5, 5.41) is 7.14. The van der Waals surface area contributed by atoms with Gasteiger partial charge in [-0.05, 0) is 38.3 Å². The van der Waals surface area contributed by atoms with E-state index >= 15 is 0 Å². The number of piperidine rings is 1. The van der Waals surface area contributed by atoms with E-state index in [2.05, 4.69) is 15.6 Å². The molecule has 2 unspecified atom stereocenters. The van der Waals surface area contributed by atoms with Crippen LogP contribution in [0.2, 0.25) is 5.02 Å². The third kappa shape index (κ3) is 5.48. The molecule has 2 atom stereocenters. The topological polar surface area (TPSA) is 73.8 Å². The molecule has 2 aliphatic rings. The first-order valence-electron chi connectivity index (χ1n) is 9.27. The summed E-state index contributed by atoms with van der Waals surface area (Å²) in [6.07, 6.45) is 2.26. The van der Waals surface area contributed by atoms with Crippen LogP contribution in [0.25, 0.3) is 0 Å². The van der Waals surface area contributed by atoms with E-state index in [1.807, 2.05) is 0 Å². The molecule has 1 saturated carbocycles. The first kappa shape index (κ1) is 23.6. The number of aliphatic imine (C=N–C) groups is 1. The molecule has 28 heavy (non-hydrogen) atoms. The van der Waals surface area contributed by atoms with Gasteiger partial charge in [0.15, 0.2) is 5.96 Å². The fraction of sp³-hybridized carbons (Fsp3) is 0.611. The van der Waals surface area contributed by atoms with Gasteiger partial charge in [-0.3, -0.25) is 4.99 Å². The summed E-state index contributed by atoms with van der Waals surface area (Å²) in [6.45, 7) is 2.70. The van der Waals surface area contributed by atoms with E-state index in [9.17, 15) is 12.8 Å². The van der Waals surface area contributed by atoms with Crippen LogP contribution in [0.4, 0.5) is 4.39 Å². The van der Waals surface area contributed by atoms with Crippen LogP contribution < -0.4 is 10.6 Å². The Kier molecular flexibility index (Phi) is 8.36. The van der Waals surface area contributed by atoms with Crippen molar-refractivity contribution in [2.45, 2.75) is 44.2 Å². The van der Waals surface area contributed by atoms with E-state index in [1.165, 1.54) is 6.07 Å². The number of guanidine groups is 1. The fourth-order valence-corrected chi connectivity index (χ4v) is 4.97. The van der Waals surface area contributed by atoms with Gasteiger partial charge in [0.05, 0.1) is 5.75 Å². The largest absolute Gasteiger partial charge is 0.354 e. The maximum absolute atomic E-state index is 14.1. The lowest BCUT2D eigenvalue weighted by Crippen LogP contribution is -2.50. The van der Waals surface area contributed by atoms with Gasteiger partial charge in [0.1, 0.15) is 5.82 Å². The average molecular weight is 545 g/mol. The minimum Gasteiger partial charge on any atom is -0.354 e. The Hall–Kier alpha value is -0.650. The molecule has 1 aromatic rings. The molecule has 10 heteroatoms. The van der Waals surface area contributed by atoms with Crippen molar-refractivity contribution in [1.82, 2.24) is 14.9 Å². The van der Waals surface area contributed by atoms with Gasteiger partial charge in [0.25, 0.3) is 0 Å². The summed E-state index contributed by atoms with van der Waals surface area (Å²) in [5.41, 5.74) is 0.560. The van der Waals surface area contributed by atoms with Gasteiger partial charge in [-0.2, -0.15) is 0 Å². The third-order valence-electron chi connectivity index (χ3n) is 5.26. The highest BCUT2D eigenvalue weighted by Gasteiger charge is 2.42. The molecule has 0 aromatic heterocycles. The molecule has 3 rings (SSSR count). The molecule has 1 saturated heterocycles. The minimum atomic E-state index is -3.12. The highest BCUT2D eigenvalue weighted by Crippen LogP contribution is 2.44. The van der Waals surface area contributed by atoms with Gasteiger partial charge >= 0.3 is 0 Å². The predicted molar refractivity (Wildman–Crippen MR) is 122 cm³/mol. The minimum absolute atomic E-state index is 0. The summed E-state index contributed by atoms with van der Waals surface area (Å²) in [7, 11) is -1.43. The quantitative estimate of drug-likeness (QED) is 0.340. The number of benzene rings is 1. The molecule has 2 fully saturated rings. The van der Waals surface area contributed by atoms with E-state index in [0.717, 1.165) is 19.3 Å². The van der Waals surface area contributed by atoms with Crippen LogP contribution in [0.15, 0.2) is 23.2 Å². The maximum atomic E-state index is 14.1. The number of hydrogen-bond acceptors (Lipinski definition) is 3. The Balaban J connectivity index is 0.00000280. The van der Waals surface area contributed by atoms with E-state index < -0.39 is 10.0 Å². The van der Waals surface area contributed by atoms with Crippen LogP contribution >= 0.6 is 35.6 Å². The summed E-state index contributed by atoms with van der Waals surface area (Å²) in [6, 6.07) is 5.00. The van der Waals surface area contributed by atoms with Gasteiger partial charge < -0.3 is 10.6 Å². The van der Waals surface area contributed by atoms with Gasteiger partial charge in [-0.25, -0.2) is 17.1 Å². The molecular formula is C18H27ClFIN4O2S. The molecule has 0 bridgehead atoms. The molecule has 0 spiro atoms. The number of sulfonamides is 1. The van der Waals surface area contributed by atoms with Crippen molar-refractivity contribution in [3.05, 3.63) is 34.6 Å². The standard InChI is InChI=1S/C18H26ClFN4O2S.HI/c1-3-27(25,26)24-9-7-12(8-10-24)22-18(21-2)23-16-11-13(16)17-14(19)5-4-6-15(17)20;/h4-6,12-13,16H,3,7-11H2,1-2H3,(H2,21,22,23);1H. The first-order chi connectivity index (χ1) is 12.9. The van der Waals surface area contributed by atoms with Crippen LogP contribution in [0.3, 0.4) is 0 Å². The van der Waals surface area contributed by atoms with E-state index in [-0.39, 0.29) is 53.5 Å². The van der Waals surface area contributed by atoms with Gasteiger partial charge in [0.2, 0.25) is 10.0 Å². The van der Waals surface area contributed by atoms with Crippen LogP contribution in [0.5, 0.6) is 0 Å². The average Bonchev–Trinajstić information content (AvgIpc) is 3.40. The molecule has 1 aliphatic heterocycles. The molecule has 0 radical (unpaired) electrons. The second-order valence-electron chi connectivity index (χ2n) is 7.02. The van der Waals surface area contributed by atoms with Gasteiger partial charge in [0, 0.05) is 48.7 Å². The molecule has 158 valence electrons. The zero-order chi connectivity index (χ0) is 19.6. The highest BCUT2D eigenvalue weighted by atomic mass is 127. The van der Waals surface area contributed by atoms with Crippen molar-refractivity contribution in [2.24, 2.45) is 4.99 Å². The van der Waals surface area contributed by atoms with Crippen LogP contribution in [0.1, 0.15) is 37.7 Å². The van der Waals surface area contributed by atoms with Crippen molar-refractivity contribution < 1.29 is 12.8 Å². The molecule has 1 heterocycles. The van der Waals surface area contributed by atoms with Crippen molar-refractivity contribution in [3.8, 4) is 0 Å². The molecule has 1 aliphatic carbocycles. The summed E-state index contributed by atoms with van der Waals surface area (Å²) in [5.74, 6) is 0.556. The van der Waals surface area contributed by atoms with Crippen LogP contribution in [-0.4, -0.2) is 56.7 Å². The van der Waals surface area contributed by atoms with Crippen molar-refractivity contribution >= 4 is 51.6 Å². The Bertz CT molecular complexity index is 796. The van der Waals surface area contributed by atoms with Crippen LogP contribution in [-0.2, 0) is 10.0 Å². The van der Waals surface area contributed by atoms with Crippen molar-refractivity contribution in [2.75, 3.05) is 25.9 Å². The lowest BCUT2D eigenvalue weighted by molar-refractivity contribution is 0.306. The Morgan fingerprint density at radius 2 is 2.00 bits per heavy atom. The van der Waals surface area contributed by atoms with Gasteiger partial charge in [-0.1, -0.05) is 17.7 Å². The molecule has 2 N–H and O–H groups in total. The second-order valence-corrected chi connectivity index (χ2v) is 9.68.